The van der Waals surface area contributed by atoms with Crippen molar-refractivity contribution in [3.05, 3.63) is 224 Å². The molecule has 13 aromatic rings. The van der Waals surface area contributed by atoms with Gasteiger partial charge in [-0.1, -0.05) is 164 Å². The molecule has 3 heterocycles. The fourth-order valence-electron chi connectivity index (χ4n) is 9.81. The summed E-state index contributed by atoms with van der Waals surface area (Å²) in [7, 11) is 0. The fourth-order valence-corrected chi connectivity index (χ4v) is 9.81. The van der Waals surface area contributed by atoms with Crippen molar-refractivity contribution in [3.8, 4) is 56.7 Å². The minimum atomic E-state index is 0.622. The number of aromatic nitrogens is 5. The van der Waals surface area contributed by atoms with Crippen LogP contribution in [0.3, 0.4) is 0 Å². The highest BCUT2D eigenvalue weighted by Crippen LogP contribution is 2.43. The zero-order valence-electron chi connectivity index (χ0n) is 34.6. The minimum Gasteiger partial charge on any atom is -0.309 e. The van der Waals surface area contributed by atoms with Crippen LogP contribution in [0.15, 0.2) is 224 Å². The van der Waals surface area contributed by atoms with E-state index >= 15 is 0 Å². The summed E-state index contributed by atoms with van der Waals surface area (Å²) in [4.78, 5) is 15.7. The first kappa shape index (κ1) is 36.0. The average Bonchev–Trinajstić information content (AvgIpc) is 3.89. The van der Waals surface area contributed by atoms with Crippen LogP contribution in [-0.4, -0.2) is 24.1 Å². The second-order valence-corrected chi connectivity index (χ2v) is 16.4. The maximum absolute atomic E-state index is 5.26. The summed E-state index contributed by atoms with van der Waals surface area (Å²) < 4.78 is 4.81. The largest absolute Gasteiger partial charge is 0.309 e. The lowest BCUT2D eigenvalue weighted by Gasteiger charge is -2.14. The van der Waals surface area contributed by atoms with E-state index in [2.05, 4.69) is 234 Å². The van der Waals surface area contributed by atoms with Crippen molar-refractivity contribution in [1.29, 1.82) is 0 Å². The molecule has 5 heteroatoms. The van der Waals surface area contributed by atoms with Crippen LogP contribution in [0.1, 0.15) is 0 Å². The van der Waals surface area contributed by atoms with Gasteiger partial charge in [-0.25, -0.2) is 15.0 Å². The number of rotatable bonds is 6. The van der Waals surface area contributed by atoms with Crippen LogP contribution >= 0.6 is 0 Å². The molecule has 64 heavy (non-hydrogen) atoms. The van der Waals surface area contributed by atoms with Gasteiger partial charge in [0.2, 0.25) is 0 Å². The predicted octanol–water partition coefficient (Wildman–Crippen LogP) is 15.0. The molecule has 3 aromatic heterocycles. The third-order valence-corrected chi connectivity index (χ3v) is 12.7. The molecule has 0 spiro atoms. The summed E-state index contributed by atoms with van der Waals surface area (Å²) in [5.74, 6) is 1.89. The molecule has 0 atom stereocenters. The SMILES string of the molecule is c1ccc(-n2c3ccccc3c3c4c5ccccc5n(-c5cccc(-c6ccccc6-c6nc(-c7ccc8ccccc8c7)nc(-c7ccc8ccccc8c7)n6)c5)c4ccc32)cc1. The van der Waals surface area contributed by atoms with Gasteiger partial charge < -0.3 is 9.13 Å². The second kappa shape index (κ2) is 14.5. The van der Waals surface area contributed by atoms with Crippen molar-refractivity contribution in [1.82, 2.24) is 24.1 Å². The number of hydrogen-bond acceptors (Lipinski definition) is 3. The molecule has 298 valence electrons. The van der Waals surface area contributed by atoms with Gasteiger partial charge >= 0.3 is 0 Å². The van der Waals surface area contributed by atoms with Crippen LogP contribution in [0.25, 0.3) is 122 Å². The van der Waals surface area contributed by atoms with E-state index in [4.69, 9.17) is 15.0 Å². The highest BCUT2D eigenvalue weighted by molar-refractivity contribution is 6.29. The lowest BCUT2D eigenvalue weighted by Crippen LogP contribution is -2.01. The highest BCUT2D eigenvalue weighted by atomic mass is 15.0. The minimum absolute atomic E-state index is 0.622. The van der Waals surface area contributed by atoms with Gasteiger partial charge in [-0.2, -0.15) is 0 Å². The zero-order chi connectivity index (χ0) is 42.1. The Balaban J connectivity index is 0.999. The van der Waals surface area contributed by atoms with E-state index in [1.165, 1.54) is 43.4 Å². The van der Waals surface area contributed by atoms with Crippen molar-refractivity contribution in [3.63, 3.8) is 0 Å². The summed E-state index contributed by atoms with van der Waals surface area (Å²) in [6.07, 6.45) is 0. The van der Waals surface area contributed by atoms with Crippen LogP contribution in [0.4, 0.5) is 0 Å². The van der Waals surface area contributed by atoms with Crippen molar-refractivity contribution < 1.29 is 0 Å². The maximum Gasteiger partial charge on any atom is 0.164 e. The van der Waals surface area contributed by atoms with Crippen LogP contribution in [0.2, 0.25) is 0 Å². The van der Waals surface area contributed by atoms with Crippen LogP contribution < -0.4 is 0 Å². The van der Waals surface area contributed by atoms with E-state index in [-0.39, 0.29) is 0 Å². The van der Waals surface area contributed by atoms with Gasteiger partial charge in [0.25, 0.3) is 0 Å². The van der Waals surface area contributed by atoms with Gasteiger partial charge in [-0.05, 0) is 93.3 Å². The first-order valence-electron chi connectivity index (χ1n) is 21.7. The number of para-hydroxylation sites is 3. The van der Waals surface area contributed by atoms with E-state index in [0.717, 1.165) is 61.0 Å². The number of hydrogen-bond donors (Lipinski definition) is 0. The van der Waals surface area contributed by atoms with Gasteiger partial charge in [0.1, 0.15) is 0 Å². The maximum atomic E-state index is 5.26. The predicted molar refractivity (Wildman–Crippen MR) is 265 cm³/mol. The average molecular weight is 816 g/mol. The van der Waals surface area contributed by atoms with Crippen LogP contribution in [-0.2, 0) is 0 Å². The first-order chi connectivity index (χ1) is 31.7. The van der Waals surface area contributed by atoms with Crippen molar-refractivity contribution in [2.24, 2.45) is 0 Å². The Morgan fingerprint density at radius 1 is 0.266 bits per heavy atom. The fraction of sp³-hybridized carbons (Fsp3) is 0. The Hall–Kier alpha value is -8.67. The van der Waals surface area contributed by atoms with Gasteiger partial charge in [0.05, 0.1) is 22.1 Å². The van der Waals surface area contributed by atoms with E-state index < -0.39 is 0 Å². The van der Waals surface area contributed by atoms with E-state index in [9.17, 15) is 0 Å². The molecule has 0 aliphatic heterocycles. The molecular weight excluding hydrogens is 779 g/mol. The topological polar surface area (TPSA) is 48.5 Å². The second-order valence-electron chi connectivity index (χ2n) is 16.4. The summed E-state index contributed by atoms with van der Waals surface area (Å²) in [5, 5.41) is 9.58. The van der Waals surface area contributed by atoms with Gasteiger partial charge in [0, 0.05) is 49.6 Å². The molecule has 0 N–H and O–H groups in total. The van der Waals surface area contributed by atoms with Gasteiger partial charge in [-0.15, -0.1) is 0 Å². The molecule has 0 amide bonds. The number of nitrogens with zero attached hydrogens (tertiary/aromatic N) is 5. The summed E-state index contributed by atoms with van der Waals surface area (Å²) in [5.41, 5.74) is 11.9. The Bertz CT molecular complexity index is 3870. The summed E-state index contributed by atoms with van der Waals surface area (Å²) in [6, 6.07) is 79.9. The van der Waals surface area contributed by atoms with Gasteiger partial charge in [0.15, 0.2) is 17.5 Å². The zero-order valence-corrected chi connectivity index (χ0v) is 34.6. The Kier molecular flexibility index (Phi) is 8.15. The van der Waals surface area contributed by atoms with Crippen molar-refractivity contribution in [2.75, 3.05) is 0 Å². The first-order valence-corrected chi connectivity index (χ1v) is 21.7. The molecule has 0 saturated carbocycles. The molecule has 10 aromatic carbocycles. The molecular formula is C59H37N5. The smallest absolute Gasteiger partial charge is 0.164 e. The number of benzene rings is 10. The monoisotopic (exact) mass is 815 g/mol. The highest BCUT2D eigenvalue weighted by Gasteiger charge is 2.22. The lowest BCUT2D eigenvalue weighted by molar-refractivity contribution is 1.08. The van der Waals surface area contributed by atoms with E-state index in [1.807, 2.05) is 0 Å². The molecule has 13 rings (SSSR count). The molecule has 0 aliphatic rings. The van der Waals surface area contributed by atoms with E-state index in [0.29, 0.717) is 17.5 Å². The molecule has 0 fully saturated rings. The third kappa shape index (κ3) is 5.75. The molecule has 0 radical (unpaired) electrons. The van der Waals surface area contributed by atoms with Crippen LogP contribution in [0, 0.1) is 0 Å². The Morgan fingerprint density at radius 2 is 0.734 bits per heavy atom. The normalized spacial score (nSPS) is 11.8. The van der Waals surface area contributed by atoms with Crippen molar-refractivity contribution >= 4 is 65.2 Å². The lowest BCUT2D eigenvalue weighted by atomic mass is 9.98. The molecule has 0 bridgehead atoms. The Labute approximate surface area is 368 Å². The number of fused-ring (bicyclic) bond motifs is 9. The standard InChI is InChI=1S/C59H37N5/c1-2-20-45(21-3-1)63-51-27-12-10-25-49(51)55-53(63)33-34-54-56(55)50-26-11-13-28-52(50)64(54)46-22-14-19-42(37-46)47-23-8-9-24-48(47)59-61-57(43-31-29-38-15-4-6-17-40(38)35-43)60-58(62-59)44-32-30-39-16-5-7-18-41(39)36-44/h1-37H. The van der Waals surface area contributed by atoms with Gasteiger partial charge in [-0.3, -0.25) is 0 Å². The molecule has 0 aliphatic carbocycles. The van der Waals surface area contributed by atoms with E-state index in [1.54, 1.807) is 0 Å². The molecule has 5 nitrogen and oxygen atoms in total. The summed E-state index contributed by atoms with van der Waals surface area (Å²) in [6.45, 7) is 0. The third-order valence-electron chi connectivity index (χ3n) is 12.7. The quantitative estimate of drug-likeness (QED) is 0.168. The summed E-state index contributed by atoms with van der Waals surface area (Å²) >= 11 is 0. The molecule has 0 unspecified atom stereocenters. The molecule has 0 saturated heterocycles. The van der Waals surface area contributed by atoms with Crippen LogP contribution in [0.5, 0.6) is 0 Å². The Morgan fingerprint density at radius 3 is 1.34 bits per heavy atom. The van der Waals surface area contributed by atoms with Crippen molar-refractivity contribution in [2.45, 2.75) is 0 Å².